The second kappa shape index (κ2) is 4.83. The first-order chi connectivity index (χ1) is 7.69. The Kier molecular flexibility index (Phi) is 3.44. The van der Waals surface area contributed by atoms with Crippen LogP contribution >= 0.6 is 0 Å². The van der Waals surface area contributed by atoms with Crippen LogP contribution < -0.4 is 5.73 Å². The molecule has 1 aromatic heterocycles. The van der Waals surface area contributed by atoms with Gasteiger partial charge in [0, 0.05) is 24.7 Å². The fraction of sp³-hybridized carbons (Fsp3) is 0.615. The molecule has 3 heteroatoms. The summed E-state index contributed by atoms with van der Waals surface area (Å²) >= 11 is 0. The van der Waals surface area contributed by atoms with Gasteiger partial charge in [-0.2, -0.15) is 5.10 Å². The predicted octanol–water partition coefficient (Wildman–Crippen LogP) is 2.19. The minimum absolute atomic E-state index is 0.376. The average Bonchev–Trinajstić information content (AvgIpc) is 2.62. The number of rotatable bonds is 3. The molecule has 88 valence electrons. The SMILES string of the molecule is CCn1nc(C)cc1CC1=CCC(N)CC1. The Morgan fingerprint density at radius 2 is 2.38 bits per heavy atom. The van der Waals surface area contributed by atoms with E-state index in [1.165, 1.54) is 11.3 Å². The van der Waals surface area contributed by atoms with E-state index < -0.39 is 0 Å². The quantitative estimate of drug-likeness (QED) is 0.792. The number of aromatic nitrogens is 2. The number of allylic oxidation sites excluding steroid dienone is 1. The molecule has 1 heterocycles. The molecule has 1 aliphatic carbocycles. The van der Waals surface area contributed by atoms with E-state index in [0.717, 1.165) is 37.9 Å². The van der Waals surface area contributed by atoms with Gasteiger partial charge in [-0.15, -0.1) is 0 Å². The van der Waals surface area contributed by atoms with E-state index >= 15 is 0 Å². The van der Waals surface area contributed by atoms with Crippen LogP contribution in [0.15, 0.2) is 17.7 Å². The lowest BCUT2D eigenvalue weighted by Gasteiger charge is -2.18. The molecule has 1 aromatic rings. The van der Waals surface area contributed by atoms with Gasteiger partial charge in [0.25, 0.3) is 0 Å². The van der Waals surface area contributed by atoms with Crippen LogP contribution in [0.2, 0.25) is 0 Å². The first-order valence-electron chi connectivity index (χ1n) is 6.16. The molecular weight excluding hydrogens is 198 g/mol. The highest BCUT2D eigenvalue weighted by atomic mass is 15.3. The summed E-state index contributed by atoms with van der Waals surface area (Å²) in [6.07, 6.45) is 6.67. The molecule has 0 fully saturated rings. The molecule has 1 atom stereocenters. The number of aryl methyl sites for hydroxylation is 2. The van der Waals surface area contributed by atoms with Crippen molar-refractivity contribution in [1.82, 2.24) is 9.78 Å². The summed E-state index contributed by atoms with van der Waals surface area (Å²) in [7, 11) is 0. The normalized spacial score (nSPS) is 20.9. The Hall–Kier alpha value is -1.09. The molecule has 0 radical (unpaired) electrons. The summed E-state index contributed by atoms with van der Waals surface area (Å²) in [5.41, 5.74) is 9.86. The fourth-order valence-electron chi connectivity index (χ4n) is 2.32. The number of nitrogens with two attached hydrogens (primary N) is 1. The lowest BCUT2D eigenvalue weighted by molar-refractivity contribution is 0.572. The molecule has 0 aromatic carbocycles. The van der Waals surface area contributed by atoms with Crippen molar-refractivity contribution in [3.8, 4) is 0 Å². The Morgan fingerprint density at radius 1 is 1.56 bits per heavy atom. The van der Waals surface area contributed by atoms with Crippen LogP contribution in [0.3, 0.4) is 0 Å². The summed E-state index contributed by atoms with van der Waals surface area (Å²) in [5.74, 6) is 0. The first-order valence-corrected chi connectivity index (χ1v) is 6.16. The highest BCUT2D eigenvalue weighted by Crippen LogP contribution is 2.21. The molecule has 16 heavy (non-hydrogen) atoms. The van der Waals surface area contributed by atoms with Gasteiger partial charge < -0.3 is 5.73 Å². The van der Waals surface area contributed by atoms with Crippen molar-refractivity contribution in [1.29, 1.82) is 0 Å². The van der Waals surface area contributed by atoms with Crippen molar-refractivity contribution >= 4 is 0 Å². The van der Waals surface area contributed by atoms with E-state index in [1.54, 1.807) is 0 Å². The highest BCUT2D eigenvalue weighted by molar-refractivity contribution is 5.19. The second-order valence-corrected chi connectivity index (χ2v) is 4.67. The van der Waals surface area contributed by atoms with Gasteiger partial charge in [0.2, 0.25) is 0 Å². The topological polar surface area (TPSA) is 43.8 Å². The van der Waals surface area contributed by atoms with Crippen molar-refractivity contribution in [3.63, 3.8) is 0 Å². The Bertz CT molecular complexity index is 390. The zero-order valence-electron chi connectivity index (χ0n) is 10.2. The first kappa shape index (κ1) is 11.4. The van der Waals surface area contributed by atoms with E-state index in [0.29, 0.717) is 6.04 Å². The zero-order valence-corrected chi connectivity index (χ0v) is 10.2. The number of hydrogen-bond acceptors (Lipinski definition) is 2. The number of nitrogens with zero attached hydrogens (tertiary/aromatic N) is 2. The second-order valence-electron chi connectivity index (χ2n) is 4.67. The van der Waals surface area contributed by atoms with Crippen LogP contribution in [0.1, 0.15) is 37.6 Å². The predicted molar refractivity (Wildman–Crippen MR) is 66.3 cm³/mol. The Balaban J connectivity index is 2.08. The van der Waals surface area contributed by atoms with E-state index in [9.17, 15) is 0 Å². The smallest absolute Gasteiger partial charge is 0.0596 e. The van der Waals surface area contributed by atoms with Gasteiger partial charge >= 0.3 is 0 Å². The van der Waals surface area contributed by atoms with Crippen molar-refractivity contribution in [3.05, 3.63) is 29.1 Å². The monoisotopic (exact) mass is 219 g/mol. The molecule has 0 bridgehead atoms. The third kappa shape index (κ3) is 2.53. The molecule has 0 saturated heterocycles. The van der Waals surface area contributed by atoms with Crippen LogP contribution in [0.25, 0.3) is 0 Å². The molecule has 2 rings (SSSR count). The van der Waals surface area contributed by atoms with Gasteiger partial charge in [0.05, 0.1) is 5.69 Å². The maximum absolute atomic E-state index is 5.89. The standard InChI is InChI=1S/C13H21N3/c1-3-16-13(8-10(2)15-16)9-11-4-6-12(14)7-5-11/h4,8,12H,3,5-7,9,14H2,1-2H3. The number of hydrogen-bond donors (Lipinski definition) is 1. The van der Waals surface area contributed by atoms with Crippen LogP contribution in [-0.2, 0) is 13.0 Å². The maximum Gasteiger partial charge on any atom is 0.0596 e. The van der Waals surface area contributed by atoms with Gasteiger partial charge in [-0.25, -0.2) is 0 Å². The summed E-state index contributed by atoms with van der Waals surface area (Å²) in [4.78, 5) is 0. The van der Waals surface area contributed by atoms with Gasteiger partial charge in [-0.3, -0.25) is 4.68 Å². The van der Waals surface area contributed by atoms with Crippen molar-refractivity contribution in [2.75, 3.05) is 0 Å². The van der Waals surface area contributed by atoms with E-state index in [4.69, 9.17) is 5.73 Å². The summed E-state index contributed by atoms with van der Waals surface area (Å²) in [6.45, 7) is 5.15. The molecule has 3 nitrogen and oxygen atoms in total. The molecule has 0 spiro atoms. The van der Waals surface area contributed by atoms with Crippen molar-refractivity contribution in [2.45, 2.75) is 52.1 Å². The molecular formula is C13H21N3. The van der Waals surface area contributed by atoms with Crippen molar-refractivity contribution < 1.29 is 0 Å². The van der Waals surface area contributed by atoms with E-state index in [-0.39, 0.29) is 0 Å². The molecule has 2 N–H and O–H groups in total. The van der Waals surface area contributed by atoms with Gasteiger partial charge in [0.15, 0.2) is 0 Å². The molecule has 1 unspecified atom stereocenters. The fourth-order valence-corrected chi connectivity index (χ4v) is 2.32. The third-order valence-electron chi connectivity index (χ3n) is 3.24. The highest BCUT2D eigenvalue weighted by Gasteiger charge is 2.12. The van der Waals surface area contributed by atoms with Crippen LogP contribution in [-0.4, -0.2) is 15.8 Å². The van der Waals surface area contributed by atoms with Crippen LogP contribution in [0.4, 0.5) is 0 Å². The summed E-state index contributed by atoms with van der Waals surface area (Å²) < 4.78 is 2.10. The Labute approximate surface area is 97.3 Å². The van der Waals surface area contributed by atoms with Crippen molar-refractivity contribution in [2.24, 2.45) is 5.73 Å². The van der Waals surface area contributed by atoms with Gasteiger partial charge in [0.1, 0.15) is 0 Å². The van der Waals surface area contributed by atoms with Gasteiger partial charge in [-0.05, 0) is 39.2 Å². The maximum atomic E-state index is 5.89. The lowest BCUT2D eigenvalue weighted by Crippen LogP contribution is -2.22. The molecule has 0 aliphatic heterocycles. The van der Waals surface area contributed by atoms with E-state index in [2.05, 4.69) is 35.8 Å². The molecule has 0 saturated carbocycles. The largest absolute Gasteiger partial charge is 0.327 e. The van der Waals surface area contributed by atoms with Crippen LogP contribution in [0.5, 0.6) is 0 Å². The van der Waals surface area contributed by atoms with Gasteiger partial charge in [-0.1, -0.05) is 11.6 Å². The molecule has 0 amide bonds. The summed E-state index contributed by atoms with van der Waals surface area (Å²) in [6, 6.07) is 2.57. The minimum Gasteiger partial charge on any atom is -0.327 e. The average molecular weight is 219 g/mol. The minimum atomic E-state index is 0.376. The van der Waals surface area contributed by atoms with E-state index in [1.807, 2.05) is 0 Å². The third-order valence-corrected chi connectivity index (χ3v) is 3.24. The lowest BCUT2D eigenvalue weighted by atomic mass is 9.93. The Morgan fingerprint density at radius 3 is 3.00 bits per heavy atom. The van der Waals surface area contributed by atoms with Crippen LogP contribution in [0, 0.1) is 6.92 Å². The zero-order chi connectivity index (χ0) is 11.5. The summed E-state index contributed by atoms with van der Waals surface area (Å²) in [5, 5.41) is 4.47. The molecule has 1 aliphatic rings.